The van der Waals surface area contributed by atoms with Gasteiger partial charge in [-0.2, -0.15) is 0 Å². The Hall–Kier alpha value is -2.49. The van der Waals surface area contributed by atoms with Gasteiger partial charge in [0.05, 0.1) is 24.0 Å². The summed E-state index contributed by atoms with van der Waals surface area (Å²) >= 11 is 0. The van der Waals surface area contributed by atoms with Gasteiger partial charge in [-0.1, -0.05) is 31.2 Å². The minimum atomic E-state index is -0.435. The van der Waals surface area contributed by atoms with Gasteiger partial charge in [-0.15, -0.1) is 0 Å². The summed E-state index contributed by atoms with van der Waals surface area (Å²) in [4.78, 5) is 11.6. The van der Waals surface area contributed by atoms with E-state index in [-0.39, 0.29) is 0 Å². The van der Waals surface area contributed by atoms with Crippen LogP contribution in [0.4, 0.5) is 17.1 Å². The third-order valence-corrected chi connectivity index (χ3v) is 3.18. The number of esters is 1. The van der Waals surface area contributed by atoms with Crippen LogP contribution in [0.25, 0.3) is 0 Å². The Kier molecular flexibility index (Phi) is 4.25. The molecule has 0 heterocycles. The molecule has 0 bridgehead atoms. The number of carbonyl (C=O) groups excluding carboxylic acids is 1. The number of hydrogen-bond donors (Lipinski definition) is 2. The van der Waals surface area contributed by atoms with Gasteiger partial charge in [0.2, 0.25) is 0 Å². The van der Waals surface area contributed by atoms with Crippen LogP contribution >= 0.6 is 0 Å². The molecular formula is C16H18N2O2. The van der Waals surface area contributed by atoms with E-state index < -0.39 is 5.97 Å². The number of hydrogen-bond acceptors (Lipinski definition) is 4. The molecule has 20 heavy (non-hydrogen) atoms. The zero-order valence-electron chi connectivity index (χ0n) is 11.6. The number of carbonyl (C=O) groups is 1. The van der Waals surface area contributed by atoms with Crippen LogP contribution in [0.2, 0.25) is 0 Å². The van der Waals surface area contributed by atoms with Crippen LogP contribution in [0, 0.1) is 0 Å². The number of anilines is 3. The molecular weight excluding hydrogens is 252 g/mol. The van der Waals surface area contributed by atoms with Crippen molar-refractivity contribution in [2.75, 3.05) is 18.2 Å². The van der Waals surface area contributed by atoms with E-state index in [1.54, 1.807) is 12.1 Å². The summed E-state index contributed by atoms with van der Waals surface area (Å²) in [7, 11) is 1.34. The lowest BCUT2D eigenvalue weighted by atomic mass is 10.1. The molecule has 0 aliphatic heterocycles. The van der Waals surface area contributed by atoms with Gasteiger partial charge in [-0.3, -0.25) is 0 Å². The monoisotopic (exact) mass is 270 g/mol. The van der Waals surface area contributed by atoms with Gasteiger partial charge in [0.1, 0.15) is 0 Å². The Labute approximate surface area is 118 Å². The average Bonchev–Trinajstić information content (AvgIpc) is 2.49. The van der Waals surface area contributed by atoms with E-state index in [1.807, 2.05) is 24.3 Å². The smallest absolute Gasteiger partial charge is 0.340 e. The van der Waals surface area contributed by atoms with Gasteiger partial charge in [0.25, 0.3) is 0 Å². The molecule has 3 N–H and O–H groups in total. The minimum Gasteiger partial charge on any atom is -0.465 e. The highest BCUT2D eigenvalue weighted by Gasteiger charge is 2.13. The van der Waals surface area contributed by atoms with Crippen LogP contribution in [-0.2, 0) is 11.2 Å². The molecule has 0 fully saturated rings. The second-order valence-corrected chi connectivity index (χ2v) is 4.39. The molecule has 0 unspecified atom stereocenters. The molecule has 104 valence electrons. The summed E-state index contributed by atoms with van der Waals surface area (Å²) < 4.78 is 4.72. The second-order valence-electron chi connectivity index (χ2n) is 4.39. The van der Waals surface area contributed by atoms with Crippen molar-refractivity contribution in [2.24, 2.45) is 0 Å². The van der Waals surface area contributed by atoms with Crippen molar-refractivity contribution in [3.05, 3.63) is 53.6 Å². The highest BCUT2D eigenvalue weighted by atomic mass is 16.5. The molecule has 0 amide bonds. The number of aryl methyl sites for hydroxylation is 1. The number of benzene rings is 2. The Morgan fingerprint density at radius 2 is 1.85 bits per heavy atom. The maximum absolute atomic E-state index is 11.6. The van der Waals surface area contributed by atoms with Gasteiger partial charge in [0, 0.05) is 5.69 Å². The standard InChI is InChI=1S/C16H18N2O2/c1-3-11-7-4-5-9-13(11)18-14-10-6-8-12(15(14)17)16(19)20-2/h4-10,18H,3,17H2,1-2H3. The van der Waals surface area contributed by atoms with Crippen molar-refractivity contribution in [2.45, 2.75) is 13.3 Å². The second kappa shape index (κ2) is 6.10. The fourth-order valence-corrected chi connectivity index (χ4v) is 2.06. The molecule has 0 aliphatic rings. The molecule has 4 heteroatoms. The number of nitrogens with two attached hydrogens (primary N) is 1. The first kappa shape index (κ1) is 13.9. The van der Waals surface area contributed by atoms with E-state index in [9.17, 15) is 4.79 Å². The van der Waals surface area contributed by atoms with Crippen molar-refractivity contribution >= 4 is 23.0 Å². The maximum atomic E-state index is 11.6. The Balaban J connectivity index is 2.37. The van der Waals surface area contributed by atoms with Gasteiger partial charge >= 0.3 is 5.97 Å². The number of para-hydroxylation sites is 2. The molecule has 2 aromatic carbocycles. The van der Waals surface area contributed by atoms with Crippen LogP contribution in [0.1, 0.15) is 22.8 Å². The number of rotatable bonds is 4. The molecule has 0 aromatic heterocycles. The predicted molar refractivity (Wildman–Crippen MR) is 81.3 cm³/mol. The minimum absolute atomic E-state index is 0.367. The highest BCUT2D eigenvalue weighted by Crippen LogP contribution is 2.28. The Morgan fingerprint density at radius 1 is 1.15 bits per heavy atom. The normalized spacial score (nSPS) is 10.1. The molecule has 0 radical (unpaired) electrons. The summed E-state index contributed by atoms with van der Waals surface area (Å²) in [5.41, 5.74) is 9.68. The van der Waals surface area contributed by atoms with Crippen molar-refractivity contribution < 1.29 is 9.53 Å². The van der Waals surface area contributed by atoms with Crippen molar-refractivity contribution in [3.63, 3.8) is 0 Å². The molecule has 2 aromatic rings. The van der Waals surface area contributed by atoms with Gasteiger partial charge in [-0.05, 0) is 30.2 Å². The lowest BCUT2D eigenvalue weighted by Gasteiger charge is -2.14. The summed E-state index contributed by atoms with van der Waals surface area (Å²) in [5, 5.41) is 3.28. The number of ether oxygens (including phenoxy) is 1. The first-order valence-corrected chi connectivity index (χ1v) is 6.49. The van der Waals surface area contributed by atoms with E-state index in [0.29, 0.717) is 16.9 Å². The first-order valence-electron chi connectivity index (χ1n) is 6.49. The molecule has 4 nitrogen and oxygen atoms in total. The zero-order chi connectivity index (χ0) is 14.5. The van der Waals surface area contributed by atoms with E-state index in [1.165, 1.54) is 12.7 Å². The lowest BCUT2D eigenvalue weighted by molar-refractivity contribution is 0.0602. The van der Waals surface area contributed by atoms with Crippen LogP contribution < -0.4 is 11.1 Å². The first-order chi connectivity index (χ1) is 9.67. The van der Waals surface area contributed by atoms with Crippen molar-refractivity contribution in [1.82, 2.24) is 0 Å². The molecule has 0 saturated heterocycles. The third-order valence-electron chi connectivity index (χ3n) is 3.18. The average molecular weight is 270 g/mol. The summed E-state index contributed by atoms with van der Waals surface area (Å²) in [5.74, 6) is -0.435. The van der Waals surface area contributed by atoms with E-state index in [4.69, 9.17) is 10.5 Å². The lowest BCUT2D eigenvalue weighted by Crippen LogP contribution is -2.08. The quantitative estimate of drug-likeness (QED) is 0.660. The van der Waals surface area contributed by atoms with Crippen molar-refractivity contribution in [3.8, 4) is 0 Å². The largest absolute Gasteiger partial charge is 0.465 e. The Bertz CT molecular complexity index is 624. The summed E-state index contributed by atoms with van der Waals surface area (Å²) in [6, 6.07) is 13.3. The third kappa shape index (κ3) is 2.74. The highest BCUT2D eigenvalue weighted by molar-refractivity contribution is 5.98. The zero-order valence-corrected chi connectivity index (χ0v) is 11.6. The summed E-state index contributed by atoms with van der Waals surface area (Å²) in [6.45, 7) is 2.09. The van der Waals surface area contributed by atoms with Gasteiger partial charge in [0.15, 0.2) is 0 Å². The molecule has 0 aliphatic carbocycles. The van der Waals surface area contributed by atoms with E-state index in [2.05, 4.69) is 18.3 Å². The van der Waals surface area contributed by atoms with Crippen molar-refractivity contribution in [1.29, 1.82) is 0 Å². The molecule has 2 rings (SSSR count). The maximum Gasteiger partial charge on any atom is 0.340 e. The predicted octanol–water partition coefficient (Wildman–Crippen LogP) is 3.36. The fourth-order valence-electron chi connectivity index (χ4n) is 2.06. The molecule has 0 atom stereocenters. The van der Waals surface area contributed by atoms with Crippen LogP contribution in [0.5, 0.6) is 0 Å². The SMILES string of the molecule is CCc1ccccc1Nc1cccc(C(=O)OC)c1N. The Morgan fingerprint density at radius 3 is 2.55 bits per heavy atom. The van der Waals surface area contributed by atoms with Gasteiger partial charge < -0.3 is 15.8 Å². The fraction of sp³-hybridized carbons (Fsp3) is 0.188. The van der Waals surface area contributed by atoms with E-state index >= 15 is 0 Å². The van der Waals surface area contributed by atoms with Gasteiger partial charge in [-0.25, -0.2) is 4.79 Å². The topological polar surface area (TPSA) is 64.3 Å². The summed E-state index contributed by atoms with van der Waals surface area (Å²) in [6.07, 6.45) is 0.916. The van der Waals surface area contributed by atoms with Crippen LogP contribution in [-0.4, -0.2) is 13.1 Å². The van der Waals surface area contributed by atoms with Crippen LogP contribution in [0.3, 0.4) is 0 Å². The number of methoxy groups -OCH3 is 1. The molecule has 0 spiro atoms. The van der Waals surface area contributed by atoms with E-state index in [0.717, 1.165) is 12.1 Å². The number of nitrogen functional groups attached to an aromatic ring is 1. The number of nitrogens with one attached hydrogen (secondary N) is 1. The van der Waals surface area contributed by atoms with Crippen LogP contribution in [0.15, 0.2) is 42.5 Å². The molecule has 0 saturated carbocycles.